The number of hydrogen-bond acceptors (Lipinski definition) is 4. The summed E-state index contributed by atoms with van der Waals surface area (Å²) in [5.41, 5.74) is 6.89. The molecular formula is C17H19NO3. The molecule has 0 aliphatic heterocycles. The van der Waals surface area contributed by atoms with E-state index in [-0.39, 0.29) is 17.1 Å². The van der Waals surface area contributed by atoms with Crippen LogP contribution in [0.2, 0.25) is 0 Å². The molecule has 0 aromatic heterocycles. The maximum absolute atomic E-state index is 12.4. The summed E-state index contributed by atoms with van der Waals surface area (Å²) in [5.74, 6) is 0.631. The van der Waals surface area contributed by atoms with Crippen LogP contribution in [0.3, 0.4) is 0 Å². The van der Waals surface area contributed by atoms with Crippen LogP contribution in [0.25, 0.3) is 0 Å². The van der Waals surface area contributed by atoms with Crippen molar-refractivity contribution in [3.63, 3.8) is 0 Å². The van der Waals surface area contributed by atoms with E-state index in [1.165, 1.54) is 6.07 Å². The molecule has 21 heavy (non-hydrogen) atoms. The Bertz CT molecular complexity index is 633. The minimum absolute atomic E-state index is 0.0614. The molecule has 2 aromatic carbocycles. The molecule has 2 rings (SSSR count). The molecule has 0 aliphatic carbocycles. The van der Waals surface area contributed by atoms with Gasteiger partial charge in [0.05, 0.1) is 12.2 Å². The first kappa shape index (κ1) is 14.9. The van der Waals surface area contributed by atoms with Gasteiger partial charge in [-0.15, -0.1) is 0 Å². The Labute approximate surface area is 124 Å². The number of ether oxygens (including phenoxy) is 1. The number of phenols is 1. The monoisotopic (exact) mass is 285 g/mol. The van der Waals surface area contributed by atoms with Gasteiger partial charge < -0.3 is 15.6 Å². The van der Waals surface area contributed by atoms with Crippen LogP contribution in [0.15, 0.2) is 42.5 Å². The highest BCUT2D eigenvalue weighted by molar-refractivity contribution is 6.11. The Morgan fingerprint density at radius 3 is 2.48 bits per heavy atom. The molecule has 3 N–H and O–H groups in total. The fraction of sp³-hybridized carbons (Fsp3) is 0.235. The second kappa shape index (κ2) is 6.31. The van der Waals surface area contributed by atoms with E-state index in [1.54, 1.807) is 36.4 Å². The Balaban J connectivity index is 2.27. The van der Waals surface area contributed by atoms with Crippen LogP contribution in [0.4, 0.5) is 5.69 Å². The summed E-state index contributed by atoms with van der Waals surface area (Å²) in [6.07, 6.45) is 0. The van der Waals surface area contributed by atoms with Crippen LogP contribution < -0.4 is 10.5 Å². The summed E-state index contributed by atoms with van der Waals surface area (Å²) in [7, 11) is 0. The number of anilines is 1. The number of nitrogens with two attached hydrogens (primary N) is 1. The van der Waals surface area contributed by atoms with Crippen molar-refractivity contribution >= 4 is 11.5 Å². The van der Waals surface area contributed by atoms with Crippen molar-refractivity contribution in [1.82, 2.24) is 0 Å². The number of rotatable bonds is 5. The third-order valence-corrected chi connectivity index (χ3v) is 2.97. The van der Waals surface area contributed by atoms with Crippen LogP contribution in [0.1, 0.15) is 29.8 Å². The molecule has 0 bridgehead atoms. The molecule has 2 aromatic rings. The number of carbonyl (C=O) groups excluding carboxylic acids is 1. The first-order valence-electron chi connectivity index (χ1n) is 6.83. The Kier molecular flexibility index (Phi) is 4.48. The number of phenolic OH excluding ortho intramolecular Hbond substituents is 1. The van der Waals surface area contributed by atoms with Crippen LogP contribution >= 0.6 is 0 Å². The van der Waals surface area contributed by atoms with Crippen molar-refractivity contribution in [2.24, 2.45) is 5.92 Å². The highest BCUT2D eigenvalue weighted by Gasteiger charge is 2.15. The molecule has 0 aliphatic rings. The molecule has 0 saturated heterocycles. The smallest absolute Gasteiger partial charge is 0.196 e. The number of hydrogen-bond donors (Lipinski definition) is 2. The SMILES string of the molecule is CC(C)COc1ccc(O)c(C(=O)c2ccc(N)cc2)c1. The molecule has 0 amide bonds. The molecule has 0 heterocycles. The third kappa shape index (κ3) is 3.75. The highest BCUT2D eigenvalue weighted by atomic mass is 16.5. The van der Waals surface area contributed by atoms with Crippen LogP contribution in [0, 0.1) is 5.92 Å². The van der Waals surface area contributed by atoms with Crippen molar-refractivity contribution in [2.45, 2.75) is 13.8 Å². The van der Waals surface area contributed by atoms with Crippen LogP contribution in [0.5, 0.6) is 11.5 Å². The zero-order valence-electron chi connectivity index (χ0n) is 12.2. The van der Waals surface area contributed by atoms with Gasteiger partial charge in [-0.25, -0.2) is 0 Å². The van der Waals surface area contributed by atoms with E-state index in [0.29, 0.717) is 29.5 Å². The molecule has 0 saturated carbocycles. The van der Waals surface area contributed by atoms with Gasteiger partial charge in [-0.1, -0.05) is 13.8 Å². The van der Waals surface area contributed by atoms with E-state index in [9.17, 15) is 9.90 Å². The Morgan fingerprint density at radius 1 is 1.19 bits per heavy atom. The van der Waals surface area contributed by atoms with Crippen LogP contribution in [-0.2, 0) is 0 Å². The summed E-state index contributed by atoms with van der Waals surface area (Å²) in [4.78, 5) is 12.4. The largest absolute Gasteiger partial charge is 0.507 e. The lowest BCUT2D eigenvalue weighted by molar-refractivity contribution is 0.103. The maximum Gasteiger partial charge on any atom is 0.196 e. The van der Waals surface area contributed by atoms with Gasteiger partial charge in [0.2, 0.25) is 0 Å². The molecule has 0 unspecified atom stereocenters. The molecule has 0 fully saturated rings. The molecule has 110 valence electrons. The number of aromatic hydroxyl groups is 1. The number of ketones is 1. The lowest BCUT2D eigenvalue weighted by Gasteiger charge is -2.11. The molecule has 0 radical (unpaired) electrons. The molecule has 4 heteroatoms. The van der Waals surface area contributed by atoms with Gasteiger partial charge in [0.1, 0.15) is 11.5 Å². The van der Waals surface area contributed by atoms with E-state index in [4.69, 9.17) is 10.5 Å². The summed E-state index contributed by atoms with van der Waals surface area (Å²) in [6.45, 7) is 4.64. The topological polar surface area (TPSA) is 72.5 Å². The normalized spacial score (nSPS) is 10.6. The second-order valence-corrected chi connectivity index (χ2v) is 5.33. The number of carbonyl (C=O) groups is 1. The fourth-order valence-electron chi connectivity index (χ4n) is 1.84. The summed E-state index contributed by atoms with van der Waals surface area (Å²) in [6, 6.07) is 11.3. The first-order chi connectivity index (χ1) is 9.97. The third-order valence-electron chi connectivity index (χ3n) is 2.97. The van der Waals surface area contributed by atoms with Crippen LogP contribution in [-0.4, -0.2) is 17.5 Å². The summed E-state index contributed by atoms with van der Waals surface area (Å²) < 4.78 is 5.58. The molecule has 4 nitrogen and oxygen atoms in total. The zero-order chi connectivity index (χ0) is 15.4. The van der Waals surface area contributed by atoms with Crippen molar-refractivity contribution in [3.05, 3.63) is 53.6 Å². The van der Waals surface area contributed by atoms with E-state index in [0.717, 1.165) is 0 Å². The quantitative estimate of drug-likeness (QED) is 0.653. The van der Waals surface area contributed by atoms with Gasteiger partial charge in [0.15, 0.2) is 5.78 Å². The van der Waals surface area contributed by atoms with E-state index in [2.05, 4.69) is 0 Å². The maximum atomic E-state index is 12.4. The van der Waals surface area contributed by atoms with E-state index in [1.807, 2.05) is 13.8 Å². The van der Waals surface area contributed by atoms with Gasteiger partial charge >= 0.3 is 0 Å². The molecular weight excluding hydrogens is 266 g/mol. The second-order valence-electron chi connectivity index (χ2n) is 5.33. The summed E-state index contributed by atoms with van der Waals surface area (Å²) >= 11 is 0. The highest BCUT2D eigenvalue weighted by Crippen LogP contribution is 2.26. The standard InChI is InChI=1S/C17H19NO3/c1-11(2)10-21-14-7-8-16(19)15(9-14)17(20)12-3-5-13(18)6-4-12/h3-9,11,19H,10,18H2,1-2H3. The minimum atomic E-state index is -0.262. The Morgan fingerprint density at radius 2 is 1.86 bits per heavy atom. The van der Waals surface area contributed by atoms with E-state index < -0.39 is 0 Å². The van der Waals surface area contributed by atoms with Crippen molar-refractivity contribution < 1.29 is 14.6 Å². The van der Waals surface area contributed by atoms with Gasteiger partial charge in [-0.2, -0.15) is 0 Å². The first-order valence-corrected chi connectivity index (χ1v) is 6.83. The lowest BCUT2D eigenvalue weighted by atomic mass is 10.0. The van der Waals surface area contributed by atoms with Gasteiger partial charge in [0.25, 0.3) is 0 Å². The number of nitrogen functional groups attached to an aromatic ring is 1. The molecule has 0 spiro atoms. The Hall–Kier alpha value is -2.49. The summed E-state index contributed by atoms with van der Waals surface area (Å²) in [5, 5.41) is 9.90. The van der Waals surface area contributed by atoms with Gasteiger partial charge in [-0.3, -0.25) is 4.79 Å². The van der Waals surface area contributed by atoms with E-state index >= 15 is 0 Å². The van der Waals surface area contributed by atoms with Crippen molar-refractivity contribution in [1.29, 1.82) is 0 Å². The van der Waals surface area contributed by atoms with Gasteiger partial charge in [-0.05, 0) is 48.4 Å². The minimum Gasteiger partial charge on any atom is -0.507 e. The van der Waals surface area contributed by atoms with Crippen molar-refractivity contribution in [2.75, 3.05) is 12.3 Å². The average molecular weight is 285 g/mol. The predicted octanol–water partition coefficient (Wildman–Crippen LogP) is 3.24. The predicted molar refractivity (Wildman–Crippen MR) is 82.7 cm³/mol. The zero-order valence-corrected chi connectivity index (χ0v) is 12.2. The molecule has 0 atom stereocenters. The number of benzene rings is 2. The van der Waals surface area contributed by atoms with Crippen molar-refractivity contribution in [3.8, 4) is 11.5 Å². The fourth-order valence-corrected chi connectivity index (χ4v) is 1.84. The lowest BCUT2D eigenvalue weighted by Crippen LogP contribution is -2.06. The van der Waals surface area contributed by atoms with Gasteiger partial charge in [0, 0.05) is 11.3 Å². The average Bonchev–Trinajstić information content (AvgIpc) is 2.46.